The second-order valence-electron chi connectivity index (χ2n) is 10.0. The first-order valence-corrected chi connectivity index (χ1v) is 12.4. The molecule has 1 amide bonds. The number of methoxy groups -OCH3 is 1. The SMILES string of the molecule is CCC.COc1ccc(CC(CCC(=O)OC2CCCC(C)C2)NC(=O)OC(C)(C)C)cc1. The number of ether oxygens (including phenoxy) is 3. The molecular formula is C27H45NO5. The zero-order valence-corrected chi connectivity index (χ0v) is 21.7. The second-order valence-corrected chi connectivity index (χ2v) is 10.0. The number of esters is 1. The topological polar surface area (TPSA) is 73.9 Å². The normalized spacial score (nSPS) is 18.9. The summed E-state index contributed by atoms with van der Waals surface area (Å²) in [5, 5.41) is 2.92. The lowest BCUT2D eigenvalue weighted by atomic mass is 9.89. The highest BCUT2D eigenvalue weighted by Crippen LogP contribution is 2.26. The summed E-state index contributed by atoms with van der Waals surface area (Å²) in [7, 11) is 1.63. The Morgan fingerprint density at radius 2 is 1.76 bits per heavy atom. The number of rotatable bonds is 8. The molecule has 6 heteroatoms. The molecule has 3 atom stereocenters. The molecule has 1 aliphatic rings. The zero-order valence-electron chi connectivity index (χ0n) is 21.7. The van der Waals surface area contributed by atoms with E-state index in [2.05, 4.69) is 26.1 Å². The van der Waals surface area contributed by atoms with Crippen molar-refractivity contribution in [1.29, 1.82) is 0 Å². The molecule has 33 heavy (non-hydrogen) atoms. The van der Waals surface area contributed by atoms with E-state index in [1.165, 1.54) is 12.8 Å². The first kappa shape index (κ1) is 28.8. The fraction of sp³-hybridized carbons (Fsp3) is 0.704. The molecule has 6 nitrogen and oxygen atoms in total. The third-order valence-electron chi connectivity index (χ3n) is 5.25. The van der Waals surface area contributed by atoms with Gasteiger partial charge in [-0.25, -0.2) is 4.79 Å². The van der Waals surface area contributed by atoms with Crippen molar-refractivity contribution in [3.8, 4) is 5.75 Å². The number of carbonyl (C=O) groups excluding carboxylic acids is 2. The summed E-state index contributed by atoms with van der Waals surface area (Å²) in [6.45, 7) is 11.9. The van der Waals surface area contributed by atoms with Gasteiger partial charge < -0.3 is 19.5 Å². The van der Waals surface area contributed by atoms with Crippen molar-refractivity contribution in [1.82, 2.24) is 5.32 Å². The maximum absolute atomic E-state index is 12.4. The molecule has 3 unspecified atom stereocenters. The van der Waals surface area contributed by atoms with Crippen molar-refractivity contribution >= 4 is 12.1 Å². The van der Waals surface area contributed by atoms with E-state index in [0.717, 1.165) is 30.6 Å². The molecule has 1 aliphatic carbocycles. The number of alkyl carbamates (subject to hydrolysis) is 1. The van der Waals surface area contributed by atoms with Crippen molar-refractivity contribution in [2.24, 2.45) is 5.92 Å². The number of benzene rings is 1. The Balaban J connectivity index is 0.00000172. The van der Waals surface area contributed by atoms with Crippen LogP contribution in [0.5, 0.6) is 5.75 Å². The summed E-state index contributed by atoms with van der Waals surface area (Å²) in [5.41, 5.74) is 0.470. The van der Waals surface area contributed by atoms with Crippen LogP contribution >= 0.6 is 0 Å². The van der Waals surface area contributed by atoms with Crippen LogP contribution in [-0.4, -0.2) is 36.9 Å². The third kappa shape index (κ3) is 13.2. The third-order valence-corrected chi connectivity index (χ3v) is 5.25. The minimum Gasteiger partial charge on any atom is -0.497 e. The average Bonchev–Trinajstić information content (AvgIpc) is 2.72. The Bertz CT molecular complexity index is 695. The van der Waals surface area contributed by atoms with Gasteiger partial charge in [0.15, 0.2) is 0 Å². The molecule has 0 bridgehead atoms. The molecule has 1 aromatic rings. The summed E-state index contributed by atoms with van der Waals surface area (Å²) >= 11 is 0. The van der Waals surface area contributed by atoms with Crippen LogP contribution in [0.15, 0.2) is 24.3 Å². The quantitative estimate of drug-likeness (QED) is 0.449. The molecule has 0 spiro atoms. The summed E-state index contributed by atoms with van der Waals surface area (Å²) in [4.78, 5) is 24.7. The highest BCUT2D eigenvalue weighted by Gasteiger charge is 2.24. The Morgan fingerprint density at radius 1 is 1.12 bits per heavy atom. The van der Waals surface area contributed by atoms with Crippen LogP contribution in [0.1, 0.15) is 92.1 Å². The number of nitrogens with one attached hydrogen (secondary N) is 1. The summed E-state index contributed by atoms with van der Waals surface area (Å²) < 4.78 is 16.3. The van der Waals surface area contributed by atoms with E-state index in [4.69, 9.17) is 14.2 Å². The lowest BCUT2D eigenvalue weighted by molar-refractivity contribution is -0.151. The van der Waals surface area contributed by atoms with Crippen molar-refractivity contribution in [3.05, 3.63) is 29.8 Å². The van der Waals surface area contributed by atoms with Crippen LogP contribution in [0.3, 0.4) is 0 Å². The van der Waals surface area contributed by atoms with E-state index in [1.54, 1.807) is 7.11 Å². The largest absolute Gasteiger partial charge is 0.497 e. The van der Waals surface area contributed by atoms with Gasteiger partial charge in [0.1, 0.15) is 17.5 Å². The second kappa shape index (κ2) is 14.8. The van der Waals surface area contributed by atoms with Crippen molar-refractivity contribution in [3.63, 3.8) is 0 Å². The van der Waals surface area contributed by atoms with Crippen molar-refractivity contribution in [2.75, 3.05) is 7.11 Å². The van der Waals surface area contributed by atoms with Gasteiger partial charge in [0.25, 0.3) is 0 Å². The van der Waals surface area contributed by atoms with Crippen LogP contribution in [0.25, 0.3) is 0 Å². The van der Waals surface area contributed by atoms with Crippen LogP contribution in [0, 0.1) is 5.92 Å². The number of hydrogen-bond donors (Lipinski definition) is 1. The highest BCUT2D eigenvalue weighted by molar-refractivity contribution is 5.70. The van der Waals surface area contributed by atoms with Gasteiger partial charge in [0, 0.05) is 12.5 Å². The van der Waals surface area contributed by atoms with E-state index in [9.17, 15) is 9.59 Å². The van der Waals surface area contributed by atoms with E-state index in [0.29, 0.717) is 18.8 Å². The monoisotopic (exact) mass is 463 g/mol. The van der Waals surface area contributed by atoms with Crippen molar-refractivity contribution in [2.45, 2.75) is 111 Å². The molecule has 2 rings (SSSR count). The molecule has 0 saturated heterocycles. The van der Waals surface area contributed by atoms with Crippen LogP contribution < -0.4 is 10.1 Å². The van der Waals surface area contributed by atoms with E-state index < -0.39 is 11.7 Å². The Labute approximate surface area is 200 Å². The Hall–Kier alpha value is -2.24. The minimum absolute atomic E-state index is 0.0279. The van der Waals surface area contributed by atoms with Crippen molar-refractivity contribution < 1.29 is 23.8 Å². The van der Waals surface area contributed by atoms with Gasteiger partial charge in [0.2, 0.25) is 0 Å². The van der Waals surface area contributed by atoms with E-state index >= 15 is 0 Å². The molecule has 0 heterocycles. The Morgan fingerprint density at radius 3 is 2.30 bits per heavy atom. The summed E-state index contributed by atoms with van der Waals surface area (Å²) in [5.74, 6) is 1.19. The maximum Gasteiger partial charge on any atom is 0.407 e. The maximum atomic E-state index is 12.4. The molecule has 188 valence electrons. The predicted molar refractivity (Wildman–Crippen MR) is 133 cm³/mol. The smallest absolute Gasteiger partial charge is 0.407 e. The van der Waals surface area contributed by atoms with E-state index in [1.807, 2.05) is 45.0 Å². The molecule has 1 fully saturated rings. The van der Waals surface area contributed by atoms with Crippen LogP contribution in [0.2, 0.25) is 0 Å². The standard InChI is InChI=1S/C24H37NO5.C3H8/c1-17-7-6-8-21(15-17)29-22(26)14-11-19(25-23(27)30-24(2,3)4)16-18-9-12-20(28-5)13-10-18;1-3-2/h9-10,12-13,17,19,21H,6-8,11,14-16H2,1-5H3,(H,25,27);3H2,1-2H3. The van der Waals surface area contributed by atoms with Gasteiger partial charge in [0.05, 0.1) is 7.11 Å². The van der Waals surface area contributed by atoms with Gasteiger partial charge in [-0.05, 0) is 76.5 Å². The molecule has 1 saturated carbocycles. The van der Waals surface area contributed by atoms with E-state index in [-0.39, 0.29) is 24.5 Å². The average molecular weight is 464 g/mol. The molecule has 0 radical (unpaired) electrons. The highest BCUT2D eigenvalue weighted by atomic mass is 16.6. The molecular weight excluding hydrogens is 418 g/mol. The van der Waals surface area contributed by atoms with Crippen LogP contribution in [0.4, 0.5) is 4.79 Å². The molecule has 1 N–H and O–H groups in total. The minimum atomic E-state index is -0.578. The molecule has 0 aliphatic heterocycles. The molecule has 1 aromatic carbocycles. The van der Waals surface area contributed by atoms with Gasteiger partial charge >= 0.3 is 12.1 Å². The number of carbonyl (C=O) groups is 2. The zero-order chi connectivity index (χ0) is 24.9. The number of hydrogen-bond acceptors (Lipinski definition) is 5. The first-order chi connectivity index (χ1) is 15.6. The van der Waals surface area contributed by atoms with Gasteiger partial charge in [-0.1, -0.05) is 45.7 Å². The lowest BCUT2D eigenvalue weighted by Gasteiger charge is -2.27. The first-order valence-electron chi connectivity index (χ1n) is 12.4. The van der Waals surface area contributed by atoms with Gasteiger partial charge in [-0.2, -0.15) is 0 Å². The lowest BCUT2D eigenvalue weighted by Crippen LogP contribution is -2.40. The molecule has 0 aromatic heterocycles. The number of amides is 1. The van der Waals surface area contributed by atoms with Gasteiger partial charge in [-0.15, -0.1) is 0 Å². The summed E-state index contributed by atoms with van der Waals surface area (Å²) in [6.07, 6.45) is 6.36. The fourth-order valence-electron chi connectivity index (χ4n) is 3.77. The van der Waals surface area contributed by atoms with Gasteiger partial charge in [-0.3, -0.25) is 4.79 Å². The fourth-order valence-corrected chi connectivity index (χ4v) is 3.77. The van der Waals surface area contributed by atoms with Crippen LogP contribution in [-0.2, 0) is 20.7 Å². The Kier molecular flexibility index (Phi) is 12.9. The summed E-state index contributed by atoms with van der Waals surface area (Å²) in [6, 6.07) is 7.47. The predicted octanol–water partition coefficient (Wildman–Crippen LogP) is 6.45.